The van der Waals surface area contributed by atoms with Gasteiger partial charge in [0.15, 0.2) is 0 Å². The molecule has 0 spiro atoms. The summed E-state index contributed by atoms with van der Waals surface area (Å²) in [5.41, 5.74) is 2.59. The number of amides is 3. The zero-order chi connectivity index (χ0) is 23.1. The molecule has 5 rings (SSSR count). The van der Waals surface area contributed by atoms with E-state index in [-0.39, 0.29) is 5.71 Å². The zero-order valence-electron chi connectivity index (χ0n) is 17.6. The lowest BCUT2D eigenvalue weighted by Gasteiger charge is -2.22. The maximum Gasteiger partial charge on any atom is 0.272 e. The fraction of sp³-hybridized carbons (Fsp3) is 0.120. The van der Waals surface area contributed by atoms with E-state index in [2.05, 4.69) is 10.4 Å². The molecule has 0 bridgehead atoms. The third kappa shape index (κ3) is 3.66. The fourth-order valence-electron chi connectivity index (χ4n) is 4.07. The highest BCUT2D eigenvalue weighted by Crippen LogP contribution is 2.38. The minimum absolute atomic E-state index is 0.00763. The number of nitrogens with one attached hydrogen (secondary N) is 1. The van der Waals surface area contributed by atoms with Gasteiger partial charge in [-0.2, -0.15) is 5.10 Å². The summed E-state index contributed by atoms with van der Waals surface area (Å²) in [6.07, 6.45) is 0. The Kier molecular flexibility index (Phi) is 5.18. The van der Waals surface area contributed by atoms with Crippen LogP contribution in [0.2, 0.25) is 5.02 Å². The number of halogens is 1. The molecule has 2 heterocycles. The van der Waals surface area contributed by atoms with Gasteiger partial charge in [-0.15, -0.1) is 0 Å². The molecule has 33 heavy (non-hydrogen) atoms. The van der Waals surface area contributed by atoms with Crippen molar-refractivity contribution in [1.29, 1.82) is 0 Å². The van der Waals surface area contributed by atoms with Crippen LogP contribution in [0.3, 0.4) is 0 Å². The molecule has 1 fully saturated rings. The summed E-state index contributed by atoms with van der Waals surface area (Å²) in [5.74, 6) is -2.47. The van der Waals surface area contributed by atoms with Gasteiger partial charge in [0.05, 0.1) is 11.4 Å². The van der Waals surface area contributed by atoms with Crippen molar-refractivity contribution in [3.63, 3.8) is 0 Å². The van der Waals surface area contributed by atoms with Gasteiger partial charge in [-0.05, 0) is 55.5 Å². The van der Waals surface area contributed by atoms with Crippen molar-refractivity contribution in [2.75, 3.05) is 15.2 Å². The molecule has 2 aliphatic heterocycles. The van der Waals surface area contributed by atoms with Crippen LogP contribution in [0.15, 0.2) is 84.0 Å². The van der Waals surface area contributed by atoms with Crippen LogP contribution in [0.5, 0.6) is 0 Å². The number of rotatable bonds is 4. The Morgan fingerprint density at radius 2 is 1.52 bits per heavy atom. The second kappa shape index (κ2) is 8.18. The van der Waals surface area contributed by atoms with Crippen LogP contribution in [-0.2, 0) is 14.4 Å². The van der Waals surface area contributed by atoms with Crippen molar-refractivity contribution in [3.8, 4) is 0 Å². The average Bonchev–Trinajstić information content (AvgIpc) is 3.33. The minimum atomic E-state index is -1.03. The highest BCUT2D eigenvalue weighted by atomic mass is 35.5. The second-order valence-corrected chi connectivity index (χ2v) is 8.33. The number of hydrogen-bond donors (Lipinski definition) is 1. The summed E-state index contributed by atoms with van der Waals surface area (Å²) in [4.78, 5) is 41.3. The smallest absolute Gasteiger partial charge is 0.272 e. The van der Waals surface area contributed by atoms with Crippen LogP contribution in [0.1, 0.15) is 5.56 Å². The van der Waals surface area contributed by atoms with Crippen LogP contribution in [0, 0.1) is 12.8 Å². The van der Waals surface area contributed by atoms with Gasteiger partial charge in [-0.1, -0.05) is 47.5 Å². The van der Waals surface area contributed by atoms with E-state index < -0.39 is 29.7 Å². The highest BCUT2D eigenvalue weighted by Gasteiger charge is 2.58. The van der Waals surface area contributed by atoms with Gasteiger partial charge < -0.3 is 5.32 Å². The predicted octanol–water partition coefficient (Wildman–Crippen LogP) is 4.02. The van der Waals surface area contributed by atoms with E-state index in [0.717, 1.165) is 10.5 Å². The molecule has 1 saturated heterocycles. The second-order valence-electron chi connectivity index (χ2n) is 7.90. The third-order valence-corrected chi connectivity index (χ3v) is 5.95. The molecule has 0 aliphatic carbocycles. The van der Waals surface area contributed by atoms with E-state index in [1.807, 2.05) is 25.1 Å². The molecule has 164 valence electrons. The number of carbonyl (C=O) groups excluding carboxylic acids is 3. The molecule has 3 aromatic carbocycles. The molecular weight excluding hydrogens is 440 g/mol. The Hall–Kier alpha value is -3.97. The summed E-state index contributed by atoms with van der Waals surface area (Å²) in [7, 11) is 0. The summed E-state index contributed by atoms with van der Waals surface area (Å²) >= 11 is 6.02. The molecule has 0 saturated carbocycles. The number of nitrogens with zero attached hydrogens (tertiary/aromatic N) is 3. The number of hydrazone groups is 1. The number of carbonyl (C=O) groups is 3. The standard InChI is InChI=1S/C25H19ClN4O3/c1-15-7-11-18(12-8-15)29-24(32)20-21(23(31)27-17-5-3-2-4-6-17)28-30(22(20)25(29)33)19-13-9-16(26)10-14-19/h2-14,20,22H,1H3,(H,27,31). The predicted molar refractivity (Wildman–Crippen MR) is 127 cm³/mol. The Morgan fingerprint density at radius 3 is 2.18 bits per heavy atom. The van der Waals surface area contributed by atoms with Crippen molar-refractivity contribution in [2.45, 2.75) is 13.0 Å². The van der Waals surface area contributed by atoms with Gasteiger partial charge in [0, 0.05) is 10.7 Å². The van der Waals surface area contributed by atoms with Crippen molar-refractivity contribution < 1.29 is 14.4 Å². The normalized spacial score (nSPS) is 19.5. The molecule has 1 N–H and O–H groups in total. The van der Waals surface area contributed by atoms with Gasteiger partial charge in [-0.3, -0.25) is 19.4 Å². The van der Waals surface area contributed by atoms with E-state index in [1.54, 1.807) is 60.7 Å². The first-order chi connectivity index (χ1) is 15.9. The number of hydrogen-bond acceptors (Lipinski definition) is 5. The molecule has 3 aromatic rings. The van der Waals surface area contributed by atoms with Gasteiger partial charge in [-0.25, -0.2) is 4.90 Å². The Balaban J connectivity index is 1.55. The van der Waals surface area contributed by atoms with Crippen molar-refractivity contribution in [2.24, 2.45) is 11.0 Å². The van der Waals surface area contributed by atoms with Crippen molar-refractivity contribution in [3.05, 3.63) is 89.4 Å². The molecule has 7 nitrogen and oxygen atoms in total. The van der Waals surface area contributed by atoms with Crippen LogP contribution in [0.4, 0.5) is 17.1 Å². The van der Waals surface area contributed by atoms with Crippen molar-refractivity contribution >= 4 is 52.1 Å². The van der Waals surface area contributed by atoms with E-state index in [9.17, 15) is 14.4 Å². The zero-order valence-corrected chi connectivity index (χ0v) is 18.4. The van der Waals surface area contributed by atoms with E-state index in [4.69, 9.17) is 11.6 Å². The number of aryl methyl sites for hydroxylation is 1. The van der Waals surface area contributed by atoms with E-state index in [0.29, 0.717) is 22.1 Å². The highest BCUT2D eigenvalue weighted by molar-refractivity contribution is 6.51. The molecule has 8 heteroatoms. The molecule has 0 aromatic heterocycles. The first-order valence-electron chi connectivity index (χ1n) is 10.4. The largest absolute Gasteiger partial charge is 0.321 e. The molecule has 2 unspecified atom stereocenters. The molecule has 0 radical (unpaired) electrons. The number of imide groups is 1. The van der Waals surface area contributed by atoms with Gasteiger partial charge in [0.1, 0.15) is 17.7 Å². The summed E-state index contributed by atoms with van der Waals surface area (Å²) in [6, 6.07) is 21.8. The van der Waals surface area contributed by atoms with E-state index >= 15 is 0 Å². The Morgan fingerprint density at radius 1 is 0.879 bits per heavy atom. The number of fused-ring (bicyclic) bond motifs is 1. The summed E-state index contributed by atoms with van der Waals surface area (Å²) < 4.78 is 0. The first-order valence-corrected chi connectivity index (χ1v) is 10.8. The maximum absolute atomic E-state index is 13.5. The first kappa shape index (κ1) is 20.9. The lowest BCUT2D eigenvalue weighted by atomic mass is 9.97. The van der Waals surface area contributed by atoms with E-state index in [1.165, 1.54) is 5.01 Å². The number of anilines is 3. The quantitative estimate of drug-likeness (QED) is 0.598. The number of benzene rings is 3. The SMILES string of the molecule is Cc1ccc(N2C(=O)C3C(C(=O)Nc4ccccc4)=NN(c4ccc(Cl)cc4)C3C2=O)cc1. The fourth-order valence-corrected chi connectivity index (χ4v) is 4.20. The van der Waals surface area contributed by atoms with Crippen LogP contribution < -0.4 is 15.2 Å². The Bertz CT molecular complexity index is 1270. The van der Waals surface area contributed by atoms with Gasteiger partial charge in [0.2, 0.25) is 5.91 Å². The molecular formula is C25H19ClN4O3. The lowest BCUT2D eigenvalue weighted by Crippen LogP contribution is -2.39. The van der Waals surface area contributed by atoms with Crippen LogP contribution >= 0.6 is 11.6 Å². The van der Waals surface area contributed by atoms with Crippen LogP contribution in [-0.4, -0.2) is 29.5 Å². The monoisotopic (exact) mass is 458 g/mol. The average molecular weight is 459 g/mol. The topological polar surface area (TPSA) is 82.1 Å². The summed E-state index contributed by atoms with van der Waals surface area (Å²) in [5, 5.41) is 9.18. The minimum Gasteiger partial charge on any atom is -0.321 e. The lowest BCUT2D eigenvalue weighted by molar-refractivity contribution is -0.122. The number of para-hydroxylation sites is 1. The summed E-state index contributed by atoms with van der Waals surface area (Å²) in [6.45, 7) is 1.92. The van der Waals surface area contributed by atoms with Gasteiger partial charge in [0.25, 0.3) is 11.8 Å². The molecule has 2 aliphatic rings. The maximum atomic E-state index is 13.5. The van der Waals surface area contributed by atoms with Gasteiger partial charge >= 0.3 is 0 Å². The molecule has 2 atom stereocenters. The molecule has 3 amide bonds. The van der Waals surface area contributed by atoms with Crippen LogP contribution in [0.25, 0.3) is 0 Å². The Labute approximate surface area is 195 Å². The third-order valence-electron chi connectivity index (χ3n) is 5.70. The van der Waals surface area contributed by atoms with Crippen molar-refractivity contribution in [1.82, 2.24) is 0 Å².